The Balaban J connectivity index is 1.61. The summed E-state index contributed by atoms with van der Waals surface area (Å²) in [5.74, 6) is -0.557. The van der Waals surface area contributed by atoms with Gasteiger partial charge in [-0.3, -0.25) is 14.7 Å². The number of aromatic nitrogens is 2. The second kappa shape index (κ2) is 6.19. The minimum absolute atomic E-state index is 0.0459. The molecule has 0 spiro atoms. The minimum Gasteiger partial charge on any atom is -0.352 e. The van der Waals surface area contributed by atoms with Gasteiger partial charge in [0.2, 0.25) is 5.91 Å². The smallest absolute Gasteiger partial charge is 0.269 e. The minimum atomic E-state index is -0.378. The third kappa shape index (κ3) is 3.46. The zero-order chi connectivity index (χ0) is 15.5. The normalized spacial score (nSPS) is 13.7. The van der Waals surface area contributed by atoms with Gasteiger partial charge in [0.05, 0.1) is 17.3 Å². The molecule has 2 amide bonds. The molecule has 22 heavy (non-hydrogen) atoms. The topological polar surface area (TPSA) is 86.9 Å². The number of amides is 2. The van der Waals surface area contributed by atoms with Crippen LogP contribution in [0.2, 0.25) is 5.02 Å². The Morgan fingerprint density at radius 1 is 1.32 bits per heavy atom. The van der Waals surface area contributed by atoms with Crippen LogP contribution in [0.5, 0.6) is 0 Å². The molecule has 7 heteroatoms. The van der Waals surface area contributed by atoms with E-state index in [2.05, 4.69) is 20.8 Å². The molecule has 1 heterocycles. The number of H-pyrrole nitrogens is 1. The molecule has 0 radical (unpaired) electrons. The number of hydrogen-bond donors (Lipinski definition) is 3. The van der Waals surface area contributed by atoms with E-state index in [1.165, 1.54) is 0 Å². The van der Waals surface area contributed by atoms with Crippen molar-refractivity contribution in [1.29, 1.82) is 0 Å². The van der Waals surface area contributed by atoms with E-state index < -0.39 is 0 Å². The van der Waals surface area contributed by atoms with Crippen molar-refractivity contribution in [3.05, 3.63) is 41.0 Å². The quantitative estimate of drug-likeness (QED) is 0.784. The molecule has 3 N–H and O–H groups in total. The van der Waals surface area contributed by atoms with Gasteiger partial charge in [-0.15, -0.1) is 0 Å². The molecule has 114 valence electrons. The van der Waals surface area contributed by atoms with Crippen molar-refractivity contribution in [2.45, 2.75) is 18.9 Å². The maximum absolute atomic E-state index is 12.0. The number of nitrogens with zero attached hydrogens (tertiary/aromatic N) is 1. The van der Waals surface area contributed by atoms with Crippen molar-refractivity contribution in [2.24, 2.45) is 0 Å². The van der Waals surface area contributed by atoms with Crippen molar-refractivity contribution < 1.29 is 9.59 Å². The van der Waals surface area contributed by atoms with Crippen LogP contribution >= 0.6 is 11.6 Å². The van der Waals surface area contributed by atoms with Gasteiger partial charge in [0.15, 0.2) is 0 Å². The Morgan fingerprint density at radius 3 is 2.82 bits per heavy atom. The highest BCUT2D eigenvalue weighted by atomic mass is 35.5. The molecule has 0 saturated heterocycles. The molecule has 0 bridgehead atoms. The molecule has 0 unspecified atom stereocenters. The van der Waals surface area contributed by atoms with Crippen LogP contribution in [-0.2, 0) is 4.79 Å². The monoisotopic (exact) mass is 318 g/mol. The average Bonchev–Trinajstić information content (AvgIpc) is 3.18. The summed E-state index contributed by atoms with van der Waals surface area (Å²) < 4.78 is 0. The Bertz CT molecular complexity index is 709. The number of benzene rings is 1. The molecule has 1 saturated carbocycles. The third-order valence-electron chi connectivity index (χ3n) is 3.32. The number of halogens is 1. The SMILES string of the molecule is O=C(CNC(=O)c1cc(-c2ccccc2Cl)n[nH]1)NC1CC1. The first-order valence-corrected chi connectivity index (χ1v) is 7.39. The van der Waals surface area contributed by atoms with E-state index in [-0.39, 0.29) is 30.1 Å². The van der Waals surface area contributed by atoms with Crippen LogP contribution in [0.1, 0.15) is 23.3 Å². The first-order valence-electron chi connectivity index (χ1n) is 7.01. The summed E-state index contributed by atoms with van der Waals surface area (Å²) in [6.07, 6.45) is 2.03. The van der Waals surface area contributed by atoms with Crippen molar-refractivity contribution in [1.82, 2.24) is 20.8 Å². The summed E-state index contributed by atoms with van der Waals surface area (Å²) in [5, 5.41) is 12.7. The molecule has 0 atom stereocenters. The van der Waals surface area contributed by atoms with E-state index in [1.807, 2.05) is 18.2 Å². The number of rotatable bonds is 5. The summed E-state index contributed by atoms with van der Waals surface area (Å²) in [6.45, 7) is -0.0459. The van der Waals surface area contributed by atoms with E-state index in [0.717, 1.165) is 18.4 Å². The maximum atomic E-state index is 12.0. The van der Waals surface area contributed by atoms with Crippen LogP contribution < -0.4 is 10.6 Å². The number of nitrogens with one attached hydrogen (secondary N) is 3. The second-order valence-electron chi connectivity index (χ2n) is 5.17. The van der Waals surface area contributed by atoms with E-state index in [4.69, 9.17) is 11.6 Å². The number of aromatic amines is 1. The highest BCUT2D eigenvalue weighted by Crippen LogP contribution is 2.26. The Kier molecular flexibility index (Phi) is 4.11. The molecule has 6 nitrogen and oxygen atoms in total. The van der Waals surface area contributed by atoms with E-state index in [9.17, 15) is 9.59 Å². The molecule has 1 aliphatic rings. The zero-order valence-electron chi connectivity index (χ0n) is 11.7. The molecular formula is C15H15ClN4O2. The van der Waals surface area contributed by atoms with Gasteiger partial charge in [0.25, 0.3) is 5.91 Å². The number of hydrogen-bond acceptors (Lipinski definition) is 3. The molecule has 1 aromatic heterocycles. The van der Waals surface area contributed by atoms with Crippen LogP contribution in [0.4, 0.5) is 0 Å². The molecule has 1 aromatic carbocycles. The second-order valence-corrected chi connectivity index (χ2v) is 5.58. The number of carbonyl (C=O) groups excluding carboxylic acids is 2. The third-order valence-corrected chi connectivity index (χ3v) is 3.65. The van der Waals surface area contributed by atoms with Crippen LogP contribution in [-0.4, -0.2) is 34.6 Å². The lowest BCUT2D eigenvalue weighted by Crippen LogP contribution is -2.37. The lowest BCUT2D eigenvalue weighted by molar-refractivity contribution is -0.120. The molecule has 1 aliphatic carbocycles. The van der Waals surface area contributed by atoms with E-state index >= 15 is 0 Å². The molecule has 1 fully saturated rings. The molecule has 0 aliphatic heterocycles. The van der Waals surface area contributed by atoms with Crippen LogP contribution in [0.25, 0.3) is 11.3 Å². The van der Waals surface area contributed by atoms with Gasteiger partial charge in [-0.25, -0.2) is 0 Å². The van der Waals surface area contributed by atoms with Gasteiger partial charge in [0, 0.05) is 11.6 Å². The Labute approximate surface area is 132 Å². The van der Waals surface area contributed by atoms with Crippen molar-refractivity contribution in [3.8, 4) is 11.3 Å². The van der Waals surface area contributed by atoms with E-state index in [0.29, 0.717) is 10.7 Å². The number of carbonyl (C=O) groups is 2. The van der Waals surface area contributed by atoms with Gasteiger partial charge in [-0.2, -0.15) is 5.10 Å². The molecule has 2 aromatic rings. The average molecular weight is 319 g/mol. The lowest BCUT2D eigenvalue weighted by Gasteiger charge is -2.04. The van der Waals surface area contributed by atoms with Gasteiger partial charge in [0.1, 0.15) is 5.69 Å². The lowest BCUT2D eigenvalue weighted by atomic mass is 10.1. The fraction of sp³-hybridized carbons (Fsp3) is 0.267. The van der Waals surface area contributed by atoms with Gasteiger partial charge >= 0.3 is 0 Å². The van der Waals surface area contributed by atoms with Crippen LogP contribution in [0.15, 0.2) is 30.3 Å². The Hall–Kier alpha value is -2.34. The predicted molar refractivity (Wildman–Crippen MR) is 82.5 cm³/mol. The first kappa shape index (κ1) is 14.6. The van der Waals surface area contributed by atoms with E-state index in [1.54, 1.807) is 12.1 Å². The highest BCUT2D eigenvalue weighted by molar-refractivity contribution is 6.33. The maximum Gasteiger partial charge on any atom is 0.269 e. The van der Waals surface area contributed by atoms with Crippen LogP contribution in [0, 0.1) is 0 Å². The van der Waals surface area contributed by atoms with Gasteiger partial charge < -0.3 is 10.6 Å². The highest BCUT2D eigenvalue weighted by Gasteiger charge is 2.23. The van der Waals surface area contributed by atoms with Gasteiger partial charge in [-0.05, 0) is 25.0 Å². The Morgan fingerprint density at radius 2 is 2.09 bits per heavy atom. The summed E-state index contributed by atoms with van der Waals surface area (Å²) >= 11 is 6.10. The van der Waals surface area contributed by atoms with Crippen molar-refractivity contribution >= 4 is 23.4 Å². The van der Waals surface area contributed by atoms with Crippen molar-refractivity contribution in [3.63, 3.8) is 0 Å². The summed E-state index contributed by atoms with van der Waals surface area (Å²) in [5.41, 5.74) is 1.61. The standard InChI is InChI=1S/C15H15ClN4O2/c16-11-4-2-1-3-10(11)12-7-13(20-19-12)15(22)17-8-14(21)18-9-5-6-9/h1-4,7,9H,5-6,8H2,(H,17,22)(H,18,21)(H,19,20). The van der Waals surface area contributed by atoms with Gasteiger partial charge in [-0.1, -0.05) is 29.8 Å². The fourth-order valence-corrected chi connectivity index (χ4v) is 2.24. The first-order chi connectivity index (χ1) is 10.6. The zero-order valence-corrected chi connectivity index (χ0v) is 12.5. The summed E-state index contributed by atoms with van der Waals surface area (Å²) in [7, 11) is 0. The molecule has 3 rings (SSSR count). The summed E-state index contributed by atoms with van der Waals surface area (Å²) in [4.78, 5) is 23.5. The molecular weight excluding hydrogens is 304 g/mol. The fourth-order valence-electron chi connectivity index (χ4n) is 2.01. The summed E-state index contributed by atoms with van der Waals surface area (Å²) in [6, 6.07) is 9.14. The predicted octanol–water partition coefficient (Wildman–Crippen LogP) is 1.74. The largest absolute Gasteiger partial charge is 0.352 e. The van der Waals surface area contributed by atoms with Crippen molar-refractivity contribution in [2.75, 3.05) is 6.54 Å². The van der Waals surface area contributed by atoms with Crippen LogP contribution in [0.3, 0.4) is 0 Å².